The van der Waals surface area contributed by atoms with Gasteiger partial charge in [0.05, 0.1) is 5.69 Å². The van der Waals surface area contributed by atoms with Crippen molar-refractivity contribution in [1.29, 1.82) is 0 Å². The summed E-state index contributed by atoms with van der Waals surface area (Å²) in [5.74, 6) is 0. The third kappa shape index (κ3) is 2.38. The third-order valence-corrected chi connectivity index (χ3v) is 3.36. The second-order valence-corrected chi connectivity index (χ2v) is 4.71. The fourth-order valence-electron chi connectivity index (χ4n) is 1.80. The first-order valence-electron chi connectivity index (χ1n) is 5.56. The Morgan fingerprint density at radius 3 is 3.06 bits per heavy atom. The first-order valence-corrected chi connectivity index (χ1v) is 6.50. The molecule has 0 aliphatic rings. The van der Waals surface area contributed by atoms with Crippen LogP contribution in [-0.2, 0) is 13.1 Å². The number of thiophene rings is 1. The van der Waals surface area contributed by atoms with Gasteiger partial charge in [-0.1, -0.05) is 6.07 Å². The van der Waals surface area contributed by atoms with E-state index in [1.807, 2.05) is 28.8 Å². The molecule has 0 fully saturated rings. The van der Waals surface area contributed by atoms with Crippen molar-refractivity contribution in [3.05, 3.63) is 58.7 Å². The standard InChI is InChI=1S/C13H13N3S/c1-2-5-16-9-12(15-13(16)3-1)8-14-7-11-4-6-17-10-11/h1-6,9-10,14H,7-8H2. The molecule has 0 radical (unpaired) electrons. The highest BCUT2D eigenvalue weighted by molar-refractivity contribution is 7.07. The van der Waals surface area contributed by atoms with Gasteiger partial charge in [0, 0.05) is 25.5 Å². The summed E-state index contributed by atoms with van der Waals surface area (Å²) in [5.41, 5.74) is 3.41. The Morgan fingerprint density at radius 1 is 1.24 bits per heavy atom. The molecule has 3 aromatic rings. The van der Waals surface area contributed by atoms with Gasteiger partial charge in [-0.05, 0) is 34.5 Å². The molecule has 0 bridgehead atoms. The van der Waals surface area contributed by atoms with E-state index in [2.05, 4.69) is 33.3 Å². The predicted molar refractivity (Wildman–Crippen MR) is 70.1 cm³/mol. The molecular weight excluding hydrogens is 230 g/mol. The summed E-state index contributed by atoms with van der Waals surface area (Å²) in [6.07, 6.45) is 4.08. The molecule has 0 aromatic carbocycles. The van der Waals surface area contributed by atoms with Crippen LogP contribution in [0.25, 0.3) is 5.65 Å². The topological polar surface area (TPSA) is 29.3 Å². The number of nitrogens with one attached hydrogen (secondary N) is 1. The van der Waals surface area contributed by atoms with Crippen LogP contribution >= 0.6 is 11.3 Å². The molecule has 1 N–H and O–H groups in total. The zero-order valence-corrected chi connectivity index (χ0v) is 10.2. The highest BCUT2D eigenvalue weighted by Gasteiger charge is 2.00. The van der Waals surface area contributed by atoms with Crippen LogP contribution in [0.1, 0.15) is 11.3 Å². The molecule has 0 saturated heterocycles. The van der Waals surface area contributed by atoms with Crippen LogP contribution in [0, 0.1) is 0 Å². The first-order chi connectivity index (χ1) is 8.42. The number of pyridine rings is 1. The van der Waals surface area contributed by atoms with E-state index in [1.54, 1.807) is 11.3 Å². The Morgan fingerprint density at radius 2 is 2.24 bits per heavy atom. The Labute approximate surface area is 104 Å². The normalized spacial score (nSPS) is 11.1. The van der Waals surface area contributed by atoms with Crippen molar-refractivity contribution in [2.75, 3.05) is 0 Å². The minimum Gasteiger partial charge on any atom is -0.307 e. The molecule has 0 spiro atoms. The van der Waals surface area contributed by atoms with Gasteiger partial charge in [-0.2, -0.15) is 11.3 Å². The van der Waals surface area contributed by atoms with Crippen molar-refractivity contribution in [3.8, 4) is 0 Å². The first kappa shape index (κ1) is 10.5. The largest absolute Gasteiger partial charge is 0.307 e. The molecule has 3 aromatic heterocycles. The maximum absolute atomic E-state index is 4.53. The average Bonchev–Trinajstić information content (AvgIpc) is 2.96. The summed E-state index contributed by atoms with van der Waals surface area (Å²) in [6, 6.07) is 8.17. The van der Waals surface area contributed by atoms with Gasteiger partial charge in [0.15, 0.2) is 0 Å². The second-order valence-electron chi connectivity index (χ2n) is 3.93. The summed E-state index contributed by atoms with van der Waals surface area (Å²) in [5, 5.41) is 7.66. The summed E-state index contributed by atoms with van der Waals surface area (Å²) >= 11 is 1.73. The van der Waals surface area contributed by atoms with Crippen LogP contribution in [0.5, 0.6) is 0 Å². The zero-order valence-electron chi connectivity index (χ0n) is 9.34. The Kier molecular flexibility index (Phi) is 2.90. The molecule has 86 valence electrons. The van der Waals surface area contributed by atoms with Gasteiger partial charge in [-0.3, -0.25) is 0 Å². The lowest BCUT2D eigenvalue weighted by atomic mass is 10.3. The van der Waals surface area contributed by atoms with E-state index in [0.29, 0.717) is 0 Å². The van der Waals surface area contributed by atoms with Crippen LogP contribution in [0.3, 0.4) is 0 Å². The number of aromatic nitrogens is 2. The fourth-order valence-corrected chi connectivity index (χ4v) is 2.47. The van der Waals surface area contributed by atoms with Gasteiger partial charge >= 0.3 is 0 Å². The summed E-state index contributed by atoms with van der Waals surface area (Å²) in [4.78, 5) is 4.53. The molecule has 3 rings (SSSR count). The second kappa shape index (κ2) is 4.69. The number of rotatable bonds is 4. The lowest BCUT2D eigenvalue weighted by Gasteiger charge is -1.99. The van der Waals surface area contributed by atoms with Crippen LogP contribution in [0.15, 0.2) is 47.4 Å². The third-order valence-electron chi connectivity index (χ3n) is 2.63. The van der Waals surface area contributed by atoms with Crippen molar-refractivity contribution in [2.45, 2.75) is 13.1 Å². The van der Waals surface area contributed by atoms with Crippen LogP contribution in [0.2, 0.25) is 0 Å². The maximum atomic E-state index is 4.53. The smallest absolute Gasteiger partial charge is 0.137 e. The molecule has 0 amide bonds. The summed E-state index contributed by atoms with van der Waals surface area (Å²) in [7, 11) is 0. The predicted octanol–water partition coefficient (Wildman–Crippen LogP) is 2.69. The SMILES string of the molecule is c1ccn2cc(CNCc3ccsc3)nc2c1. The van der Waals surface area contributed by atoms with Crippen LogP contribution < -0.4 is 5.32 Å². The Hall–Kier alpha value is -1.65. The van der Waals surface area contributed by atoms with Crippen LogP contribution in [-0.4, -0.2) is 9.38 Å². The minimum atomic E-state index is 0.803. The van der Waals surface area contributed by atoms with Gasteiger partial charge in [0.2, 0.25) is 0 Å². The van der Waals surface area contributed by atoms with Crippen molar-refractivity contribution >= 4 is 17.0 Å². The van der Waals surface area contributed by atoms with Crippen molar-refractivity contribution in [3.63, 3.8) is 0 Å². The van der Waals surface area contributed by atoms with E-state index in [9.17, 15) is 0 Å². The summed E-state index contributed by atoms with van der Waals surface area (Å²) in [6.45, 7) is 1.70. The van der Waals surface area contributed by atoms with Gasteiger partial charge in [-0.15, -0.1) is 0 Å². The van der Waals surface area contributed by atoms with E-state index in [0.717, 1.165) is 24.4 Å². The van der Waals surface area contributed by atoms with Gasteiger partial charge < -0.3 is 9.72 Å². The van der Waals surface area contributed by atoms with E-state index in [4.69, 9.17) is 0 Å². The molecule has 0 unspecified atom stereocenters. The number of imidazole rings is 1. The van der Waals surface area contributed by atoms with Gasteiger partial charge in [0.25, 0.3) is 0 Å². The molecule has 4 heteroatoms. The van der Waals surface area contributed by atoms with Crippen molar-refractivity contribution in [1.82, 2.24) is 14.7 Å². The van der Waals surface area contributed by atoms with Crippen LogP contribution in [0.4, 0.5) is 0 Å². The number of fused-ring (bicyclic) bond motifs is 1. The Balaban J connectivity index is 1.65. The molecule has 3 heterocycles. The van der Waals surface area contributed by atoms with Crippen molar-refractivity contribution in [2.24, 2.45) is 0 Å². The van der Waals surface area contributed by atoms with Crippen molar-refractivity contribution < 1.29 is 0 Å². The molecular formula is C13H13N3S. The molecule has 0 aliphatic heterocycles. The van der Waals surface area contributed by atoms with E-state index in [-0.39, 0.29) is 0 Å². The van der Waals surface area contributed by atoms with E-state index in [1.165, 1.54) is 5.56 Å². The fraction of sp³-hybridized carbons (Fsp3) is 0.154. The van der Waals surface area contributed by atoms with E-state index < -0.39 is 0 Å². The maximum Gasteiger partial charge on any atom is 0.137 e. The molecule has 0 atom stereocenters. The monoisotopic (exact) mass is 243 g/mol. The highest BCUT2D eigenvalue weighted by atomic mass is 32.1. The minimum absolute atomic E-state index is 0.803. The molecule has 0 aliphatic carbocycles. The molecule has 3 nitrogen and oxygen atoms in total. The van der Waals surface area contributed by atoms with Gasteiger partial charge in [-0.25, -0.2) is 4.98 Å². The quantitative estimate of drug-likeness (QED) is 0.763. The summed E-state index contributed by atoms with van der Waals surface area (Å²) < 4.78 is 2.04. The number of hydrogen-bond acceptors (Lipinski definition) is 3. The highest BCUT2D eigenvalue weighted by Crippen LogP contribution is 2.07. The average molecular weight is 243 g/mol. The van der Waals surface area contributed by atoms with E-state index >= 15 is 0 Å². The number of nitrogens with zero attached hydrogens (tertiary/aromatic N) is 2. The zero-order chi connectivity index (χ0) is 11.5. The molecule has 0 saturated carbocycles. The lowest BCUT2D eigenvalue weighted by Crippen LogP contribution is -2.12. The molecule has 17 heavy (non-hydrogen) atoms. The number of hydrogen-bond donors (Lipinski definition) is 1. The lowest BCUT2D eigenvalue weighted by molar-refractivity contribution is 0.684. The van der Waals surface area contributed by atoms with Gasteiger partial charge in [0.1, 0.15) is 5.65 Å². The Bertz CT molecular complexity index is 565.